The first-order valence-corrected chi connectivity index (χ1v) is 10.3. The molecule has 1 unspecified atom stereocenters. The zero-order valence-corrected chi connectivity index (χ0v) is 15.4. The van der Waals surface area contributed by atoms with Crippen molar-refractivity contribution < 1.29 is 22.7 Å². The third kappa shape index (κ3) is 3.70. The number of fused-ring (bicyclic) bond motifs is 1. The summed E-state index contributed by atoms with van der Waals surface area (Å²) in [5, 5.41) is 0.877. The zero-order valence-electron chi connectivity index (χ0n) is 13.8. The van der Waals surface area contributed by atoms with Crippen molar-refractivity contribution in [3.63, 3.8) is 0 Å². The van der Waals surface area contributed by atoms with Gasteiger partial charge in [0.1, 0.15) is 0 Å². The molecule has 0 spiro atoms. The molecule has 136 valence electrons. The monoisotopic (exact) mass is 384 g/mol. The second-order valence-corrected chi connectivity index (χ2v) is 8.87. The van der Waals surface area contributed by atoms with E-state index in [2.05, 4.69) is 0 Å². The van der Waals surface area contributed by atoms with Gasteiger partial charge in [0.25, 0.3) is 5.91 Å². The van der Waals surface area contributed by atoms with E-state index in [1.807, 2.05) is 24.3 Å². The molecule has 1 amide bonds. The lowest BCUT2D eigenvalue weighted by Crippen LogP contribution is -2.44. The number of morpholine rings is 1. The maximum absolute atomic E-state index is 12.4. The lowest BCUT2D eigenvalue weighted by Gasteiger charge is -2.32. The van der Waals surface area contributed by atoms with Crippen LogP contribution < -0.4 is 5.73 Å². The fourth-order valence-electron chi connectivity index (χ4n) is 2.94. The van der Waals surface area contributed by atoms with Gasteiger partial charge in [-0.05, 0) is 11.5 Å². The lowest BCUT2D eigenvalue weighted by atomic mass is 10.0. The van der Waals surface area contributed by atoms with Gasteiger partial charge in [-0.15, -0.1) is 11.3 Å². The van der Waals surface area contributed by atoms with Crippen LogP contribution >= 0.6 is 11.3 Å². The molecule has 0 aliphatic carbocycles. The molecule has 1 aliphatic heterocycles. The summed E-state index contributed by atoms with van der Waals surface area (Å²) in [6.45, 7) is 0.848. The van der Waals surface area contributed by atoms with E-state index in [0.29, 0.717) is 10.4 Å². The van der Waals surface area contributed by atoms with E-state index in [1.54, 1.807) is 0 Å². The Hall–Kier alpha value is -1.52. The Labute approximate surface area is 150 Å². The molecule has 0 saturated carbocycles. The number of methoxy groups -OCH3 is 1. The first-order valence-electron chi connectivity index (χ1n) is 7.83. The number of carbonyl (C=O) groups is 1. The van der Waals surface area contributed by atoms with Crippen molar-refractivity contribution in [3.8, 4) is 0 Å². The van der Waals surface area contributed by atoms with Crippen molar-refractivity contribution in [2.24, 2.45) is 5.73 Å². The van der Waals surface area contributed by atoms with Crippen molar-refractivity contribution in [3.05, 3.63) is 34.7 Å². The quantitative estimate of drug-likeness (QED) is 0.810. The van der Waals surface area contributed by atoms with Crippen LogP contribution in [0.5, 0.6) is 0 Å². The fourth-order valence-corrected chi connectivity index (χ4v) is 5.40. The summed E-state index contributed by atoms with van der Waals surface area (Å²) in [4.78, 5) is 12.3. The number of primary amides is 1. The number of rotatable bonds is 6. The largest absolute Gasteiger partial charge is 0.384 e. The first-order chi connectivity index (χ1) is 11.9. The van der Waals surface area contributed by atoms with Crippen LogP contribution in [0.15, 0.2) is 24.3 Å². The minimum Gasteiger partial charge on any atom is -0.384 e. The summed E-state index contributed by atoms with van der Waals surface area (Å²) in [6.07, 6.45) is -0.523. The number of benzene rings is 1. The molecular formula is C16H20N2O5S2. The van der Waals surface area contributed by atoms with E-state index in [9.17, 15) is 13.2 Å². The smallest absolute Gasteiger partial charge is 0.259 e. The highest BCUT2D eigenvalue weighted by atomic mass is 32.2. The number of nitrogens with two attached hydrogens (primary N) is 1. The van der Waals surface area contributed by atoms with Crippen LogP contribution in [-0.4, -0.2) is 57.8 Å². The molecule has 1 fully saturated rings. The van der Waals surface area contributed by atoms with Crippen LogP contribution in [0.4, 0.5) is 0 Å². The highest BCUT2D eigenvalue weighted by Gasteiger charge is 2.33. The molecule has 25 heavy (non-hydrogen) atoms. The Balaban J connectivity index is 1.95. The van der Waals surface area contributed by atoms with Crippen LogP contribution in [-0.2, 0) is 19.5 Å². The lowest BCUT2D eigenvalue weighted by molar-refractivity contribution is -0.00202. The van der Waals surface area contributed by atoms with E-state index < -0.39 is 22.0 Å². The van der Waals surface area contributed by atoms with Gasteiger partial charge < -0.3 is 15.2 Å². The van der Waals surface area contributed by atoms with Crippen LogP contribution in [0, 0.1) is 0 Å². The predicted molar refractivity (Wildman–Crippen MR) is 96.3 cm³/mol. The number of thiophene rings is 1. The predicted octanol–water partition coefficient (Wildman–Crippen LogP) is 1.35. The third-order valence-electron chi connectivity index (χ3n) is 4.15. The van der Waals surface area contributed by atoms with Gasteiger partial charge in [-0.25, -0.2) is 8.42 Å². The van der Waals surface area contributed by atoms with Crippen molar-refractivity contribution in [1.82, 2.24) is 4.31 Å². The van der Waals surface area contributed by atoms with Crippen molar-refractivity contribution in [2.75, 3.05) is 39.2 Å². The third-order valence-corrected chi connectivity index (χ3v) is 7.15. The standard InChI is InChI=1S/C16H20N2O5S2/c1-22-8-9-25(20,21)18-6-7-23-12(10-18)14-11-4-2-3-5-13(11)24-15(14)16(17)19/h2-5,12H,6-10H2,1H3,(H2,17,19). The van der Waals surface area contributed by atoms with Crippen LogP contribution in [0.3, 0.4) is 0 Å². The number of hydrogen-bond acceptors (Lipinski definition) is 6. The van der Waals surface area contributed by atoms with Gasteiger partial charge in [-0.1, -0.05) is 18.2 Å². The number of ether oxygens (including phenoxy) is 2. The number of nitrogens with zero attached hydrogens (tertiary/aromatic N) is 1. The Kier molecular flexibility index (Phi) is 5.40. The van der Waals surface area contributed by atoms with Crippen molar-refractivity contribution in [1.29, 1.82) is 0 Å². The van der Waals surface area contributed by atoms with E-state index in [-0.39, 0.29) is 32.1 Å². The van der Waals surface area contributed by atoms with E-state index in [4.69, 9.17) is 15.2 Å². The summed E-state index contributed by atoms with van der Waals surface area (Å²) in [7, 11) is -1.97. The first kappa shape index (κ1) is 18.3. The van der Waals surface area contributed by atoms with E-state index in [0.717, 1.165) is 10.1 Å². The van der Waals surface area contributed by atoms with Gasteiger partial charge in [0.15, 0.2) is 0 Å². The highest BCUT2D eigenvalue weighted by Crippen LogP contribution is 2.38. The molecule has 2 N–H and O–H groups in total. The summed E-state index contributed by atoms with van der Waals surface area (Å²) in [6, 6.07) is 7.57. The van der Waals surface area contributed by atoms with Gasteiger partial charge in [-0.3, -0.25) is 4.79 Å². The van der Waals surface area contributed by atoms with Crippen LogP contribution in [0.1, 0.15) is 21.3 Å². The minimum absolute atomic E-state index is 0.0801. The number of amides is 1. The Bertz CT molecular complexity index is 878. The van der Waals surface area contributed by atoms with Gasteiger partial charge in [0.2, 0.25) is 10.0 Å². The van der Waals surface area contributed by atoms with Crippen molar-refractivity contribution >= 4 is 37.4 Å². The van der Waals surface area contributed by atoms with Gasteiger partial charge in [-0.2, -0.15) is 4.31 Å². The zero-order chi connectivity index (χ0) is 18.0. The summed E-state index contributed by atoms with van der Waals surface area (Å²) in [5.74, 6) is -0.609. The van der Waals surface area contributed by atoms with Gasteiger partial charge >= 0.3 is 0 Å². The van der Waals surface area contributed by atoms with E-state index in [1.165, 1.54) is 22.8 Å². The van der Waals surface area contributed by atoms with Gasteiger partial charge in [0, 0.05) is 30.5 Å². The summed E-state index contributed by atoms with van der Waals surface area (Å²) >= 11 is 1.31. The summed E-state index contributed by atoms with van der Waals surface area (Å²) < 4.78 is 37.9. The number of sulfonamides is 1. The minimum atomic E-state index is -3.44. The average Bonchev–Trinajstić information content (AvgIpc) is 3.00. The molecule has 0 bridgehead atoms. The maximum Gasteiger partial charge on any atom is 0.259 e. The molecule has 2 heterocycles. The second-order valence-electron chi connectivity index (χ2n) is 5.73. The molecule has 2 aromatic rings. The fraction of sp³-hybridized carbons (Fsp3) is 0.438. The Morgan fingerprint density at radius 1 is 1.44 bits per heavy atom. The molecule has 1 aromatic carbocycles. The van der Waals surface area contributed by atoms with Crippen LogP contribution in [0.25, 0.3) is 10.1 Å². The van der Waals surface area contributed by atoms with Crippen molar-refractivity contribution in [2.45, 2.75) is 6.10 Å². The molecular weight excluding hydrogens is 364 g/mol. The molecule has 1 atom stereocenters. The molecule has 1 aliphatic rings. The number of hydrogen-bond donors (Lipinski definition) is 1. The maximum atomic E-state index is 12.4. The average molecular weight is 384 g/mol. The van der Waals surface area contributed by atoms with Gasteiger partial charge in [0.05, 0.1) is 29.9 Å². The van der Waals surface area contributed by atoms with Crippen LogP contribution in [0.2, 0.25) is 0 Å². The molecule has 3 rings (SSSR count). The molecule has 9 heteroatoms. The molecule has 7 nitrogen and oxygen atoms in total. The second kappa shape index (κ2) is 7.38. The molecule has 1 aromatic heterocycles. The highest BCUT2D eigenvalue weighted by molar-refractivity contribution is 7.89. The Morgan fingerprint density at radius 3 is 2.92 bits per heavy atom. The van der Waals surface area contributed by atoms with E-state index >= 15 is 0 Å². The molecule has 1 saturated heterocycles. The normalized spacial score (nSPS) is 19.3. The Morgan fingerprint density at radius 2 is 2.20 bits per heavy atom. The molecule has 0 radical (unpaired) electrons. The topological polar surface area (TPSA) is 98.9 Å². The SMILES string of the molecule is COCCS(=O)(=O)N1CCOC(c2c(C(N)=O)sc3ccccc23)C1. The summed E-state index contributed by atoms with van der Waals surface area (Å²) in [5.41, 5.74) is 6.22. The number of carbonyl (C=O) groups excluding carboxylic acids is 1.